The number of hydrogen-bond donors (Lipinski definition) is 0. The zero-order valence-corrected chi connectivity index (χ0v) is 12.7. The van der Waals surface area contributed by atoms with E-state index in [1.165, 1.54) is 12.7 Å². The van der Waals surface area contributed by atoms with Crippen LogP contribution in [0.2, 0.25) is 0 Å². The molecule has 1 aliphatic rings. The smallest absolute Gasteiger partial charge is 0.316 e. The Hall–Kier alpha value is -1.64. The van der Waals surface area contributed by atoms with E-state index in [2.05, 4.69) is 6.07 Å². The third-order valence-corrected chi connectivity index (χ3v) is 4.49. The first-order valence-electron chi connectivity index (χ1n) is 7.10. The fourth-order valence-electron chi connectivity index (χ4n) is 3.37. The Kier molecular flexibility index (Phi) is 3.98. The highest BCUT2D eigenvalue weighted by atomic mass is 16.5. The molecular weight excluding hydrogens is 252 g/mol. The topological polar surface area (TPSA) is 43.4 Å². The van der Waals surface area contributed by atoms with Crippen molar-refractivity contribution in [3.63, 3.8) is 0 Å². The van der Waals surface area contributed by atoms with Crippen LogP contribution in [0.1, 0.15) is 42.9 Å². The summed E-state index contributed by atoms with van der Waals surface area (Å²) in [5, 5.41) is 0. The van der Waals surface area contributed by atoms with Crippen LogP contribution in [0.4, 0.5) is 0 Å². The number of benzene rings is 1. The SMILES string of the molecule is COC(=O)C1CCCC(C)(c2ccc(C)cc2C)C1=O. The van der Waals surface area contributed by atoms with Crippen molar-refractivity contribution in [2.45, 2.75) is 45.4 Å². The fourth-order valence-corrected chi connectivity index (χ4v) is 3.37. The molecule has 1 aromatic rings. The second-order valence-corrected chi connectivity index (χ2v) is 5.98. The highest BCUT2D eigenvalue weighted by molar-refractivity contribution is 6.05. The van der Waals surface area contributed by atoms with Crippen molar-refractivity contribution in [2.24, 2.45) is 5.92 Å². The number of carbonyl (C=O) groups is 2. The van der Waals surface area contributed by atoms with E-state index in [9.17, 15) is 9.59 Å². The van der Waals surface area contributed by atoms with Crippen molar-refractivity contribution in [2.75, 3.05) is 7.11 Å². The molecule has 2 rings (SSSR count). The predicted octanol–water partition coefficient (Wildman–Crippen LogP) is 3.10. The van der Waals surface area contributed by atoms with Gasteiger partial charge in [-0.2, -0.15) is 0 Å². The fraction of sp³-hybridized carbons (Fsp3) is 0.529. The van der Waals surface area contributed by atoms with Gasteiger partial charge < -0.3 is 4.74 Å². The summed E-state index contributed by atoms with van der Waals surface area (Å²) < 4.78 is 4.78. The van der Waals surface area contributed by atoms with Crippen LogP contribution in [0.3, 0.4) is 0 Å². The van der Waals surface area contributed by atoms with Gasteiger partial charge in [-0.1, -0.05) is 30.2 Å². The number of carbonyl (C=O) groups excluding carboxylic acids is 2. The molecule has 1 fully saturated rings. The number of rotatable bonds is 2. The molecule has 2 atom stereocenters. The van der Waals surface area contributed by atoms with Crippen molar-refractivity contribution in [3.8, 4) is 0 Å². The Morgan fingerprint density at radius 1 is 1.35 bits per heavy atom. The van der Waals surface area contributed by atoms with Gasteiger partial charge in [-0.3, -0.25) is 9.59 Å². The van der Waals surface area contributed by atoms with E-state index in [1.54, 1.807) is 0 Å². The quantitative estimate of drug-likeness (QED) is 0.615. The molecule has 0 aromatic heterocycles. The number of ketones is 1. The molecule has 0 bridgehead atoms. The molecule has 3 nitrogen and oxygen atoms in total. The minimum atomic E-state index is -0.612. The molecule has 1 aromatic carbocycles. The van der Waals surface area contributed by atoms with Gasteiger partial charge in [0.15, 0.2) is 5.78 Å². The lowest BCUT2D eigenvalue weighted by Crippen LogP contribution is -2.44. The van der Waals surface area contributed by atoms with Crippen LogP contribution in [-0.4, -0.2) is 18.9 Å². The highest BCUT2D eigenvalue weighted by Crippen LogP contribution is 2.40. The monoisotopic (exact) mass is 274 g/mol. The first kappa shape index (κ1) is 14.8. The number of ether oxygens (including phenoxy) is 1. The van der Waals surface area contributed by atoms with E-state index in [1.807, 2.05) is 32.9 Å². The normalized spacial score (nSPS) is 26.4. The van der Waals surface area contributed by atoms with Gasteiger partial charge in [0.25, 0.3) is 0 Å². The Labute approximate surface area is 120 Å². The molecule has 1 aliphatic carbocycles. The van der Waals surface area contributed by atoms with Gasteiger partial charge in [0, 0.05) is 0 Å². The summed E-state index contributed by atoms with van der Waals surface area (Å²) in [7, 11) is 1.35. The molecule has 0 radical (unpaired) electrons. The number of esters is 1. The van der Waals surface area contributed by atoms with Crippen LogP contribution in [0.15, 0.2) is 18.2 Å². The van der Waals surface area contributed by atoms with Crippen LogP contribution >= 0.6 is 0 Å². The van der Waals surface area contributed by atoms with Crippen LogP contribution in [-0.2, 0) is 19.7 Å². The average Bonchev–Trinajstić information content (AvgIpc) is 2.41. The van der Waals surface area contributed by atoms with Crippen molar-refractivity contribution in [1.82, 2.24) is 0 Å². The van der Waals surface area contributed by atoms with E-state index in [0.717, 1.165) is 24.0 Å². The number of hydrogen-bond acceptors (Lipinski definition) is 3. The van der Waals surface area contributed by atoms with E-state index >= 15 is 0 Å². The van der Waals surface area contributed by atoms with E-state index in [0.29, 0.717) is 6.42 Å². The maximum atomic E-state index is 12.8. The highest BCUT2D eigenvalue weighted by Gasteiger charge is 2.46. The second kappa shape index (κ2) is 5.39. The maximum absolute atomic E-state index is 12.8. The molecule has 1 saturated carbocycles. The van der Waals surface area contributed by atoms with Gasteiger partial charge in [0.2, 0.25) is 0 Å². The molecule has 0 N–H and O–H groups in total. The molecular formula is C17H22O3. The summed E-state index contributed by atoms with van der Waals surface area (Å²) in [4.78, 5) is 24.6. The lowest BCUT2D eigenvalue weighted by atomic mass is 9.65. The zero-order valence-electron chi connectivity index (χ0n) is 12.7. The minimum absolute atomic E-state index is 0.00236. The molecule has 2 unspecified atom stereocenters. The van der Waals surface area contributed by atoms with Gasteiger partial charge in [0.1, 0.15) is 5.92 Å². The summed E-state index contributed by atoms with van der Waals surface area (Å²) in [5.41, 5.74) is 2.77. The lowest BCUT2D eigenvalue weighted by Gasteiger charge is -2.37. The molecule has 0 saturated heterocycles. The number of methoxy groups -OCH3 is 1. The first-order valence-corrected chi connectivity index (χ1v) is 7.10. The van der Waals surface area contributed by atoms with Crippen molar-refractivity contribution in [1.29, 1.82) is 0 Å². The van der Waals surface area contributed by atoms with Crippen LogP contribution < -0.4 is 0 Å². The summed E-state index contributed by atoms with van der Waals surface area (Å²) in [6.07, 6.45) is 2.27. The molecule has 3 heteroatoms. The molecule has 0 aliphatic heterocycles. The molecule has 20 heavy (non-hydrogen) atoms. The third-order valence-electron chi connectivity index (χ3n) is 4.49. The van der Waals surface area contributed by atoms with Gasteiger partial charge in [-0.15, -0.1) is 0 Å². The van der Waals surface area contributed by atoms with Crippen LogP contribution in [0, 0.1) is 19.8 Å². The van der Waals surface area contributed by atoms with E-state index in [-0.39, 0.29) is 5.78 Å². The zero-order chi connectivity index (χ0) is 14.9. The van der Waals surface area contributed by atoms with Crippen molar-refractivity contribution >= 4 is 11.8 Å². The lowest BCUT2D eigenvalue weighted by molar-refractivity contribution is -0.152. The second-order valence-electron chi connectivity index (χ2n) is 5.98. The van der Waals surface area contributed by atoms with Gasteiger partial charge >= 0.3 is 5.97 Å². The van der Waals surface area contributed by atoms with Crippen molar-refractivity contribution < 1.29 is 14.3 Å². The molecule has 0 amide bonds. The molecule has 108 valence electrons. The largest absolute Gasteiger partial charge is 0.468 e. The molecule has 0 heterocycles. The Bertz CT molecular complexity index is 547. The summed E-state index contributed by atoms with van der Waals surface area (Å²) in [6.45, 7) is 6.03. The van der Waals surface area contributed by atoms with Crippen LogP contribution in [0.25, 0.3) is 0 Å². The van der Waals surface area contributed by atoms with Crippen LogP contribution in [0.5, 0.6) is 0 Å². The number of Topliss-reactive ketones (excluding diaryl/α,β-unsaturated/α-hetero) is 1. The standard InChI is InChI=1S/C17H22O3/c1-11-7-8-14(12(2)10-11)17(3)9-5-6-13(15(17)18)16(19)20-4/h7-8,10,13H,5-6,9H2,1-4H3. The Morgan fingerprint density at radius 3 is 2.65 bits per heavy atom. The minimum Gasteiger partial charge on any atom is -0.468 e. The van der Waals surface area contributed by atoms with E-state index < -0.39 is 17.3 Å². The summed E-state index contributed by atoms with van der Waals surface area (Å²) in [5.74, 6) is -1.01. The van der Waals surface area contributed by atoms with Gasteiger partial charge in [-0.25, -0.2) is 0 Å². The predicted molar refractivity (Wildman–Crippen MR) is 77.6 cm³/mol. The first-order chi connectivity index (χ1) is 9.40. The number of aryl methyl sites for hydroxylation is 2. The Morgan fingerprint density at radius 2 is 2.05 bits per heavy atom. The van der Waals surface area contributed by atoms with Gasteiger partial charge in [-0.05, 0) is 44.7 Å². The average molecular weight is 274 g/mol. The maximum Gasteiger partial charge on any atom is 0.316 e. The van der Waals surface area contributed by atoms with Crippen molar-refractivity contribution in [3.05, 3.63) is 34.9 Å². The third kappa shape index (κ3) is 2.37. The Balaban J connectivity index is 2.42. The summed E-state index contributed by atoms with van der Waals surface area (Å²) in [6, 6.07) is 6.15. The molecule has 0 spiro atoms. The summed E-state index contributed by atoms with van der Waals surface area (Å²) >= 11 is 0. The van der Waals surface area contributed by atoms with E-state index in [4.69, 9.17) is 4.74 Å². The van der Waals surface area contributed by atoms with Gasteiger partial charge in [0.05, 0.1) is 12.5 Å².